The molecule has 1 aliphatic heterocycles. The lowest BCUT2D eigenvalue weighted by atomic mass is 10.2. The number of sulfone groups is 1. The normalized spacial score (nSPS) is 20.4. The van der Waals surface area contributed by atoms with E-state index in [4.69, 9.17) is 4.74 Å². The lowest BCUT2D eigenvalue weighted by molar-refractivity contribution is 0.178. The molecule has 1 aromatic heterocycles. The standard InChI is InChI=1S/C13H22N4O3S/c1-3-14-11-7-12(17-13(16-11)9-20-2)15-8-10-5-4-6-21(10,18)19/h7,10H,3-6,8-9H2,1-2H3,(H2,14,15,16,17). The van der Waals surface area contributed by atoms with Gasteiger partial charge in [-0.25, -0.2) is 18.4 Å². The van der Waals surface area contributed by atoms with Crippen LogP contribution < -0.4 is 10.6 Å². The van der Waals surface area contributed by atoms with Crippen molar-refractivity contribution < 1.29 is 13.2 Å². The molecular formula is C13H22N4O3S. The molecule has 1 atom stereocenters. The third-order valence-corrected chi connectivity index (χ3v) is 5.65. The van der Waals surface area contributed by atoms with Crippen molar-refractivity contribution in [3.63, 3.8) is 0 Å². The second-order valence-corrected chi connectivity index (χ2v) is 7.43. The molecule has 118 valence electrons. The average molecular weight is 314 g/mol. The fourth-order valence-electron chi connectivity index (χ4n) is 2.36. The van der Waals surface area contributed by atoms with Crippen LogP contribution in [0.1, 0.15) is 25.6 Å². The second-order valence-electron chi connectivity index (χ2n) is 5.03. The molecule has 0 radical (unpaired) electrons. The summed E-state index contributed by atoms with van der Waals surface area (Å²) in [5.74, 6) is 2.18. The van der Waals surface area contributed by atoms with Crippen molar-refractivity contribution in [1.29, 1.82) is 0 Å². The average Bonchev–Trinajstić information content (AvgIpc) is 2.76. The van der Waals surface area contributed by atoms with Gasteiger partial charge in [-0.2, -0.15) is 0 Å². The molecular weight excluding hydrogens is 292 g/mol. The zero-order valence-electron chi connectivity index (χ0n) is 12.4. The van der Waals surface area contributed by atoms with Crippen LogP contribution in [0.4, 0.5) is 11.6 Å². The van der Waals surface area contributed by atoms with Crippen LogP contribution in [-0.4, -0.2) is 49.6 Å². The molecule has 0 aliphatic carbocycles. The Balaban J connectivity index is 2.07. The van der Waals surface area contributed by atoms with E-state index in [1.807, 2.05) is 6.92 Å². The van der Waals surface area contributed by atoms with Gasteiger partial charge in [-0.3, -0.25) is 0 Å². The largest absolute Gasteiger partial charge is 0.377 e. The molecule has 7 nitrogen and oxygen atoms in total. The maximum Gasteiger partial charge on any atom is 0.158 e. The number of anilines is 2. The van der Waals surface area contributed by atoms with Crippen molar-refractivity contribution in [3.8, 4) is 0 Å². The highest BCUT2D eigenvalue weighted by Crippen LogP contribution is 2.21. The minimum absolute atomic E-state index is 0.292. The first kappa shape index (κ1) is 16.0. The molecule has 0 bridgehead atoms. The molecule has 2 rings (SSSR count). The van der Waals surface area contributed by atoms with Crippen LogP contribution in [0.15, 0.2) is 6.07 Å². The van der Waals surface area contributed by atoms with E-state index in [0.29, 0.717) is 42.8 Å². The maximum absolute atomic E-state index is 11.8. The fraction of sp³-hybridized carbons (Fsp3) is 0.692. The Labute approximate surface area is 125 Å². The highest BCUT2D eigenvalue weighted by atomic mass is 32.2. The number of rotatable bonds is 7. The van der Waals surface area contributed by atoms with Gasteiger partial charge < -0.3 is 15.4 Å². The zero-order chi connectivity index (χ0) is 15.3. The Hall–Kier alpha value is -1.41. The van der Waals surface area contributed by atoms with Crippen molar-refractivity contribution >= 4 is 21.5 Å². The second kappa shape index (κ2) is 7.04. The van der Waals surface area contributed by atoms with Crippen LogP contribution in [0.25, 0.3) is 0 Å². The molecule has 0 spiro atoms. The maximum atomic E-state index is 11.8. The van der Waals surface area contributed by atoms with Crippen LogP contribution >= 0.6 is 0 Å². The summed E-state index contributed by atoms with van der Waals surface area (Å²) in [6.45, 7) is 3.43. The van der Waals surface area contributed by atoms with Gasteiger partial charge in [0.1, 0.15) is 18.2 Å². The first-order valence-electron chi connectivity index (χ1n) is 7.11. The predicted molar refractivity (Wildman–Crippen MR) is 82.2 cm³/mol. The van der Waals surface area contributed by atoms with E-state index in [-0.39, 0.29) is 5.25 Å². The highest BCUT2D eigenvalue weighted by Gasteiger charge is 2.30. The van der Waals surface area contributed by atoms with Crippen LogP contribution in [0, 0.1) is 0 Å². The van der Waals surface area contributed by atoms with Gasteiger partial charge in [0, 0.05) is 26.3 Å². The van der Waals surface area contributed by atoms with Crippen molar-refractivity contribution in [1.82, 2.24) is 9.97 Å². The number of methoxy groups -OCH3 is 1. The van der Waals surface area contributed by atoms with Crippen LogP contribution in [0.2, 0.25) is 0 Å². The molecule has 21 heavy (non-hydrogen) atoms. The first-order chi connectivity index (χ1) is 10.0. The summed E-state index contributed by atoms with van der Waals surface area (Å²) in [4.78, 5) is 8.65. The number of nitrogens with one attached hydrogen (secondary N) is 2. The van der Waals surface area contributed by atoms with E-state index in [1.54, 1.807) is 13.2 Å². The summed E-state index contributed by atoms with van der Waals surface area (Å²) in [6.07, 6.45) is 1.46. The highest BCUT2D eigenvalue weighted by molar-refractivity contribution is 7.92. The molecule has 1 aliphatic rings. The molecule has 2 heterocycles. The zero-order valence-corrected chi connectivity index (χ0v) is 13.2. The SMILES string of the molecule is CCNc1cc(NCC2CCCS2(=O)=O)nc(COC)n1. The summed E-state index contributed by atoms with van der Waals surface area (Å²) in [7, 11) is -1.36. The van der Waals surface area contributed by atoms with Gasteiger partial charge >= 0.3 is 0 Å². The molecule has 1 aromatic rings. The van der Waals surface area contributed by atoms with Gasteiger partial charge in [-0.15, -0.1) is 0 Å². The fourth-order valence-corrected chi connectivity index (χ4v) is 4.12. The third-order valence-electron chi connectivity index (χ3n) is 3.38. The van der Waals surface area contributed by atoms with E-state index in [9.17, 15) is 8.42 Å². The van der Waals surface area contributed by atoms with Gasteiger partial charge in [0.25, 0.3) is 0 Å². The Morgan fingerprint density at radius 1 is 1.33 bits per heavy atom. The molecule has 2 N–H and O–H groups in total. The minimum atomic E-state index is -2.94. The number of ether oxygens (including phenoxy) is 1. The first-order valence-corrected chi connectivity index (χ1v) is 8.83. The van der Waals surface area contributed by atoms with Crippen molar-refractivity contribution in [2.45, 2.75) is 31.6 Å². The van der Waals surface area contributed by atoms with E-state index in [2.05, 4.69) is 20.6 Å². The third kappa shape index (κ3) is 4.28. The molecule has 8 heteroatoms. The number of nitrogens with zero attached hydrogens (tertiary/aromatic N) is 2. The topological polar surface area (TPSA) is 93.2 Å². The van der Waals surface area contributed by atoms with Gasteiger partial charge in [0.2, 0.25) is 0 Å². The van der Waals surface area contributed by atoms with E-state index < -0.39 is 9.84 Å². The smallest absolute Gasteiger partial charge is 0.158 e. The van der Waals surface area contributed by atoms with Crippen molar-refractivity contribution in [2.75, 3.05) is 36.6 Å². The summed E-state index contributed by atoms with van der Waals surface area (Å²) in [5.41, 5.74) is 0. The van der Waals surface area contributed by atoms with Crippen molar-refractivity contribution in [2.24, 2.45) is 0 Å². The Morgan fingerprint density at radius 2 is 2.05 bits per heavy atom. The van der Waals surface area contributed by atoms with Gasteiger partial charge in [0.15, 0.2) is 15.7 Å². The molecule has 1 saturated heterocycles. The van der Waals surface area contributed by atoms with E-state index in [0.717, 1.165) is 13.0 Å². The lowest BCUT2D eigenvalue weighted by Gasteiger charge is -2.13. The van der Waals surface area contributed by atoms with Gasteiger partial charge in [-0.05, 0) is 19.8 Å². The number of hydrogen-bond donors (Lipinski definition) is 2. The monoisotopic (exact) mass is 314 g/mol. The predicted octanol–water partition coefficient (Wildman–Crippen LogP) is 1.04. The Kier molecular flexibility index (Phi) is 5.35. The molecule has 0 amide bonds. The molecule has 1 fully saturated rings. The van der Waals surface area contributed by atoms with Crippen molar-refractivity contribution in [3.05, 3.63) is 11.9 Å². The van der Waals surface area contributed by atoms with E-state index in [1.165, 1.54) is 0 Å². The quantitative estimate of drug-likeness (QED) is 0.776. The summed E-state index contributed by atoms with van der Waals surface area (Å²) in [6, 6.07) is 1.78. The van der Waals surface area contributed by atoms with E-state index >= 15 is 0 Å². The summed E-state index contributed by atoms with van der Waals surface area (Å²) in [5, 5.41) is 5.92. The lowest BCUT2D eigenvalue weighted by Crippen LogP contribution is -2.25. The van der Waals surface area contributed by atoms with Crippen LogP contribution in [0.5, 0.6) is 0 Å². The Bertz CT molecular complexity index is 553. The van der Waals surface area contributed by atoms with Crippen LogP contribution in [0.3, 0.4) is 0 Å². The van der Waals surface area contributed by atoms with Gasteiger partial charge in [-0.1, -0.05) is 0 Å². The molecule has 1 unspecified atom stereocenters. The summed E-state index contributed by atoms with van der Waals surface area (Å²) < 4.78 is 28.7. The van der Waals surface area contributed by atoms with Crippen LogP contribution in [-0.2, 0) is 21.2 Å². The molecule has 0 aromatic carbocycles. The van der Waals surface area contributed by atoms with Gasteiger partial charge in [0.05, 0.1) is 11.0 Å². The number of hydrogen-bond acceptors (Lipinski definition) is 7. The number of aromatic nitrogens is 2. The Morgan fingerprint density at radius 3 is 2.62 bits per heavy atom. The summed E-state index contributed by atoms with van der Waals surface area (Å²) >= 11 is 0. The minimum Gasteiger partial charge on any atom is -0.377 e. The molecule has 0 saturated carbocycles.